The number of nitrogens with two attached hydrogens (primary N) is 1. The molecule has 1 aliphatic heterocycles. The van der Waals surface area contributed by atoms with Gasteiger partial charge in [0.05, 0.1) is 4.88 Å². The first-order valence-electron chi connectivity index (χ1n) is 9.57. The summed E-state index contributed by atoms with van der Waals surface area (Å²) >= 11 is 1.51. The lowest BCUT2D eigenvalue weighted by Gasteiger charge is -2.30. The zero-order chi connectivity index (χ0) is 22.0. The Bertz CT molecular complexity index is 1080. The number of aromatic nitrogens is 3. The smallest absolute Gasteiger partial charge is 0.369 e. The molecule has 3 N–H and O–H groups in total. The third-order valence-electron chi connectivity index (χ3n) is 5.01. The van der Waals surface area contributed by atoms with Crippen LogP contribution >= 0.6 is 11.3 Å². The van der Waals surface area contributed by atoms with Crippen molar-refractivity contribution in [1.82, 2.24) is 15.0 Å². The maximum atomic E-state index is 12.9. The van der Waals surface area contributed by atoms with Crippen LogP contribution in [0.3, 0.4) is 0 Å². The van der Waals surface area contributed by atoms with Gasteiger partial charge in [0.15, 0.2) is 5.13 Å². The summed E-state index contributed by atoms with van der Waals surface area (Å²) in [6, 6.07) is 8.05. The lowest BCUT2D eigenvalue weighted by molar-refractivity contribution is -0.141. The van der Waals surface area contributed by atoms with Crippen LogP contribution in [0.25, 0.3) is 10.4 Å². The maximum absolute atomic E-state index is 12.9. The maximum Gasteiger partial charge on any atom is 0.433 e. The number of rotatable bonds is 5. The number of hydrogen-bond acceptors (Lipinski definition) is 7. The highest BCUT2D eigenvalue weighted by Gasteiger charge is 2.32. The Labute approximate surface area is 180 Å². The topological polar surface area (TPSA) is 97.0 Å². The number of carbonyl (C=O) groups is 1. The van der Waals surface area contributed by atoms with Crippen molar-refractivity contribution in [3.63, 3.8) is 0 Å². The highest BCUT2D eigenvalue weighted by Crippen LogP contribution is 2.34. The van der Waals surface area contributed by atoms with Crippen LogP contribution in [0.4, 0.5) is 29.9 Å². The number of carbonyl (C=O) groups excluding carboxylic acids is 1. The fourth-order valence-corrected chi connectivity index (χ4v) is 4.32. The van der Waals surface area contributed by atoms with Gasteiger partial charge < -0.3 is 16.0 Å². The fourth-order valence-electron chi connectivity index (χ4n) is 3.36. The van der Waals surface area contributed by atoms with Gasteiger partial charge in [0.25, 0.3) is 0 Å². The molecule has 1 aliphatic rings. The van der Waals surface area contributed by atoms with Crippen molar-refractivity contribution in [3.05, 3.63) is 48.4 Å². The minimum absolute atomic E-state index is 0.0866. The number of alkyl halides is 3. The molecule has 4 rings (SSSR count). The third-order valence-corrected chi connectivity index (χ3v) is 6.12. The summed E-state index contributed by atoms with van der Waals surface area (Å²) in [7, 11) is 0. The number of halogens is 3. The zero-order valence-electron chi connectivity index (χ0n) is 16.3. The molecule has 1 saturated heterocycles. The Kier molecular flexibility index (Phi) is 5.77. The van der Waals surface area contributed by atoms with E-state index in [0.717, 1.165) is 40.9 Å². The Morgan fingerprint density at radius 1 is 1.19 bits per heavy atom. The summed E-state index contributed by atoms with van der Waals surface area (Å²) in [5, 5.41) is 3.68. The molecule has 7 nitrogen and oxygen atoms in total. The molecule has 1 fully saturated rings. The number of hydrogen-bond donors (Lipinski definition) is 2. The normalized spacial score (nSPS) is 15.1. The van der Waals surface area contributed by atoms with Crippen molar-refractivity contribution in [2.75, 3.05) is 23.3 Å². The predicted molar refractivity (Wildman–Crippen MR) is 112 cm³/mol. The van der Waals surface area contributed by atoms with Gasteiger partial charge >= 0.3 is 6.18 Å². The molecule has 0 aliphatic carbocycles. The lowest BCUT2D eigenvalue weighted by Crippen LogP contribution is -2.38. The van der Waals surface area contributed by atoms with E-state index in [1.807, 2.05) is 6.07 Å². The van der Waals surface area contributed by atoms with E-state index in [1.54, 1.807) is 24.4 Å². The van der Waals surface area contributed by atoms with Gasteiger partial charge in [0.1, 0.15) is 5.69 Å². The van der Waals surface area contributed by atoms with Crippen molar-refractivity contribution in [3.8, 4) is 10.4 Å². The molecule has 0 atom stereocenters. The number of anilines is 3. The fraction of sp³-hybridized carbons (Fsp3) is 0.300. The van der Waals surface area contributed by atoms with Crippen LogP contribution in [0.15, 0.2) is 42.7 Å². The van der Waals surface area contributed by atoms with Gasteiger partial charge in [-0.25, -0.2) is 15.0 Å². The van der Waals surface area contributed by atoms with E-state index in [2.05, 4.69) is 25.2 Å². The van der Waals surface area contributed by atoms with E-state index in [-0.39, 0.29) is 17.8 Å². The summed E-state index contributed by atoms with van der Waals surface area (Å²) < 4.78 is 38.6. The highest BCUT2D eigenvalue weighted by molar-refractivity contribution is 7.18. The molecule has 1 amide bonds. The molecule has 0 bridgehead atoms. The number of amides is 1. The minimum atomic E-state index is -4.54. The molecule has 0 spiro atoms. The molecule has 1 aromatic carbocycles. The molecule has 11 heteroatoms. The average molecular weight is 448 g/mol. The first-order valence-corrected chi connectivity index (χ1v) is 10.4. The molecule has 2 aromatic heterocycles. The van der Waals surface area contributed by atoms with Gasteiger partial charge in [0.2, 0.25) is 11.9 Å². The zero-order valence-corrected chi connectivity index (χ0v) is 17.1. The van der Waals surface area contributed by atoms with Crippen molar-refractivity contribution in [2.24, 2.45) is 11.7 Å². The molecule has 3 heterocycles. The largest absolute Gasteiger partial charge is 0.433 e. The van der Waals surface area contributed by atoms with E-state index in [4.69, 9.17) is 5.73 Å². The molecular formula is C20H19F3N6OS. The number of benzene rings is 1. The Hall–Kier alpha value is -3.21. The Balaban J connectivity index is 1.48. The highest BCUT2D eigenvalue weighted by atomic mass is 32.1. The molecule has 0 radical (unpaired) electrons. The van der Waals surface area contributed by atoms with Crippen molar-refractivity contribution >= 4 is 34.0 Å². The van der Waals surface area contributed by atoms with Gasteiger partial charge in [-0.05, 0) is 36.6 Å². The van der Waals surface area contributed by atoms with E-state index < -0.39 is 11.9 Å². The summed E-state index contributed by atoms with van der Waals surface area (Å²) in [6.45, 7) is 1.43. The first-order chi connectivity index (χ1) is 14.8. The number of primary amides is 1. The van der Waals surface area contributed by atoms with Crippen molar-refractivity contribution < 1.29 is 18.0 Å². The molecule has 0 saturated carbocycles. The molecule has 31 heavy (non-hydrogen) atoms. The molecule has 3 aromatic rings. The predicted octanol–water partition coefficient (Wildman–Crippen LogP) is 4.06. The van der Waals surface area contributed by atoms with Crippen LogP contribution < -0.4 is 16.0 Å². The van der Waals surface area contributed by atoms with Gasteiger partial charge in [-0.3, -0.25) is 4.79 Å². The quantitative estimate of drug-likeness (QED) is 0.611. The first kappa shape index (κ1) is 21.0. The third kappa shape index (κ3) is 4.93. The van der Waals surface area contributed by atoms with Crippen LogP contribution in [0.1, 0.15) is 18.5 Å². The van der Waals surface area contributed by atoms with E-state index in [1.165, 1.54) is 11.3 Å². The number of nitrogens with one attached hydrogen (secondary N) is 1. The minimum Gasteiger partial charge on any atom is -0.369 e. The molecule has 162 valence electrons. The molecule has 0 unspecified atom stereocenters. The van der Waals surface area contributed by atoms with Crippen LogP contribution in [-0.2, 0) is 11.0 Å². The monoisotopic (exact) mass is 448 g/mol. The SMILES string of the molecule is NC(=O)C1CCN(c2ncc(-c3cccc(Nc4nccc(C(F)(F)F)n4)c3)s2)CC1. The molecular weight excluding hydrogens is 429 g/mol. The summed E-state index contributed by atoms with van der Waals surface area (Å²) in [6.07, 6.45) is -0.285. The number of piperidine rings is 1. The van der Waals surface area contributed by atoms with Gasteiger partial charge in [-0.15, -0.1) is 0 Å². The van der Waals surface area contributed by atoms with Gasteiger partial charge in [-0.1, -0.05) is 23.5 Å². The second-order valence-corrected chi connectivity index (χ2v) is 8.15. The average Bonchev–Trinajstić information content (AvgIpc) is 3.24. The second-order valence-electron chi connectivity index (χ2n) is 7.14. The van der Waals surface area contributed by atoms with Crippen LogP contribution in [-0.4, -0.2) is 33.9 Å². The van der Waals surface area contributed by atoms with Gasteiger partial charge in [0, 0.05) is 37.1 Å². The van der Waals surface area contributed by atoms with Crippen LogP contribution in [0, 0.1) is 5.92 Å². The van der Waals surface area contributed by atoms with Crippen molar-refractivity contribution in [2.45, 2.75) is 19.0 Å². The second kappa shape index (κ2) is 8.50. The summed E-state index contributed by atoms with van der Waals surface area (Å²) in [5.74, 6) is -0.473. The van der Waals surface area contributed by atoms with E-state index in [0.29, 0.717) is 18.5 Å². The summed E-state index contributed by atoms with van der Waals surface area (Å²) in [5.41, 5.74) is 5.82. The Morgan fingerprint density at radius 2 is 1.97 bits per heavy atom. The van der Waals surface area contributed by atoms with Crippen LogP contribution in [0.2, 0.25) is 0 Å². The summed E-state index contributed by atoms with van der Waals surface area (Å²) in [4.78, 5) is 26.3. The van der Waals surface area contributed by atoms with Crippen LogP contribution in [0.5, 0.6) is 0 Å². The number of thiazole rings is 1. The van der Waals surface area contributed by atoms with Gasteiger partial charge in [-0.2, -0.15) is 13.2 Å². The van der Waals surface area contributed by atoms with E-state index in [9.17, 15) is 18.0 Å². The van der Waals surface area contributed by atoms with E-state index >= 15 is 0 Å². The standard InChI is InChI=1S/C20H19F3N6OS/c21-20(22,23)16-4-7-25-18(28-16)27-14-3-1-2-13(10-14)15-11-26-19(31-15)29-8-5-12(6-9-29)17(24)30/h1-4,7,10-12H,5-6,8-9H2,(H2,24,30)(H,25,27,28). The number of nitrogens with zero attached hydrogens (tertiary/aromatic N) is 4. The lowest BCUT2D eigenvalue weighted by atomic mass is 9.97. The van der Waals surface area contributed by atoms with Crippen molar-refractivity contribution in [1.29, 1.82) is 0 Å². The Morgan fingerprint density at radius 3 is 2.68 bits per heavy atom.